The van der Waals surface area contributed by atoms with Gasteiger partial charge in [-0.1, -0.05) is 23.7 Å². The quantitative estimate of drug-likeness (QED) is 0.725. The highest BCUT2D eigenvalue weighted by Crippen LogP contribution is 2.24. The number of methoxy groups -OCH3 is 1. The molecule has 3 aromatic rings. The number of nitrogens with zero attached hydrogens (tertiary/aromatic N) is 2. The van der Waals surface area contributed by atoms with Crippen LogP contribution in [-0.4, -0.2) is 28.5 Å². The molecule has 1 N–H and O–H groups in total. The van der Waals surface area contributed by atoms with E-state index in [0.29, 0.717) is 48.0 Å². The molecule has 1 aliphatic heterocycles. The van der Waals surface area contributed by atoms with E-state index in [-0.39, 0.29) is 17.1 Å². The van der Waals surface area contributed by atoms with Crippen molar-refractivity contribution in [3.63, 3.8) is 0 Å². The smallest absolute Gasteiger partial charge is 0.255 e. The van der Waals surface area contributed by atoms with Crippen molar-refractivity contribution in [1.82, 2.24) is 14.9 Å². The van der Waals surface area contributed by atoms with Crippen molar-refractivity contribution in [2.75, 3.05) is 13.7 Å². The van der Waals surface area contributed by atoms with Crippen molar-refractivity contribution in [3.8, 4) is 17.1 Å². The van der Waals surface area contributed by atoms with Crippen LogP contribution in [-0.2, 0) is 19.5 Å². The molecule has 5 nitrogen and oxygen atoms in total. The first-order valence-electron chi connectivity index (χ1n) is 8.97. The van der Waals surface area contributed by atoms with Crippen LogP contribution in [0.1, 0.15) is 16.8 Å². The monoisotopic (exact) mass is 399 g/mol. The van der Waals surface area contributed by atoms with Gasteiger partial charge in [-0.15, -0.1) is 0 Å². The molecule has 0 amide bonds. The number of rotatable bonds is 4. The van der Waals surface area contributed by atoms with E-state index in [1.165, 1.54) is 7.11 Å². The van der Waals surface area contributed by atoms with Crippen molar-refractivity contribution in [2.24, 2.45) is 0 Å². The molecular formula is C21H19ClFN3O2. The van der Waals surface area contributed by atoms with Crippen LogP contribution in [0.3, 0.4) is 0 Å². The molecule has 0 aliphatic carbocycles. The Labute approximate surface area is 166 Å². The molecule has 4 rings (SSSR count). The maximum absolute atomic E-state index is 14.4. The average Bonchev–Trinajstić information content (AvgIpc) is 2.70. The molecule has 0 radical (unpaired) electrons. The van der Waals surface area contributed by atoms with E-state index in [2.05, 4.69) is 9.97 Å². The second kappa shape index (κ2) is 7.73. The van der Waals surface area contributed by atoms with E-state index in [0.717, 1.165) is 11.3 Å². The lowest BCUT2D eigenvalue weighted by atomic mass is 10.0. The number of H-pyrrole nitrogens is 1. The number of ether oxygens (including phenoxy) is 1. The molecule has 2 aromatic carbocycles. The second-order valence-corrected chi connectivity index (χ2v) is 7.18. The van der Waals surface area contributed by atoms with Gasteiger partial charge in [0.05, 0.1) is 18.4 Å². The van der Waals surface area contributed by atoms with Crippen LogP contribution >= 0.6 is 11.6 Å². The number of hydrogen-bond acceptors (Lipinski definition) is 4. The van der Waals surface area contributed by atoms with Gasteiger partial charge < -0.3 is 9.72 Å². The fraction of sp³-hybridized carbons (Fsp3) is 0.238. The Morgan fingerprint density at radius 2 is 2.04 bits per heavy atom. The highest BCUT2D eigenvalue weighted by atomic mass is 35.5. The maximum Gasteiger partial charge on any atom is 0.255 e. The molecule has 0 saturated carbocycles. The minimum Gasteiger partial charge on any atom is -0.494 e. The number of nitrogens with one attached hydrogen (secondary N) is 1. The third kappa shape index (κ3) is 3.66. The van der Waals surface area contributed by atoms with Crippen molar-refractivity contribution >= 4 is 11.6 Å². The lowest BCUT2D eigenvalue weighted by molar-refractivity contribution is 0.237. The maximum atomic E-state index is 14.4. The summed E-state index contributed by atoms with van der Waals surface area (Å²) in [6.07, 6.45) is 0.630. The molecule has 1 aliphatic rings. The van der Waals surface area contributed by atoms with Gasteiger partial charge in [0.2, 0.25) is 0 Å². The first-order valence-corrected chi connectivity index (χ1v) is 9.34. The summed E-state index contributed by atoms with van der Waals surface area (Å²) in [6, 6.07) is 12.3. The SMILES string of the molecule is COc1cccc(CN2CCc3nc(-c4ccc(Cl)cc4)[nH]c(=O)c3C2)c1F. The minimum atomic E-state index is -0.360. The molecule has 0 spiro atoms. The second-order valence-electron chi connectivity index (χ2n) is 6.74. The van der Waals surface area contributed by atoms with Gasteiger partial charge in [-0.3, -0.25) is 9.69 Å². The first kappa shape index (κ1) is 18.7. The first-order chi connectivity index (χ1) is 13.5. The van der Waals surface area contributed by atoms with Crippen molar-refractivity contribution in [3.05, 3.63) is 80.5 Å². The zero-order valence-corrected chi connectivity index (χ0v) is 16.1. The van der Waals surface area contributed by atoms with E-state index in [4.69, 9.17) is 16.3 Å². The molecule has 0 saturated heterocycles. The van der Waals surface area contributed by atoms with Crippen LogP contribution in [0, 0.1) is 5.82 Å². The molecule has 0 atom stereocenters. The van der Waals surface area contributed by atoms with Crippen LogP contribution in [0.15, 0.2) is 47.3 Å². The Bertz CT molecular complexity index is 1070. The van der Waals surface area contributed by atoms with Gasteiger partial charge in [-0.2, -0.15) is 0 Å². The largest absolute Gasteiger partial charge is 0.494 e. The van der Waals surface area contributed by atoms with Gasteiger partial charge >= 0.3 is 0 Å². The van der Waals surface area contributed by atoms with E-state index in [1.54, 1.807) is 30.3 Å². The molecule has 1 aromatic heterocycles. The number of fused-ring (bicyclic) bond motifs is 1. The van der Waals surface area contributed by atoms with Crippen LogP contribution in [0.5, 0.6) is 5.75 Å². The molecular weight excluding hydrogens is 381 g/mol. The third-order valence-corrected chi connectivity index (χ3v) is 5.17. The summed E-state index contributed by atoms with van der Waals surface area (Å²) in [4.78, 5) is 22.2. The highest BCUT2D eigenvalue weighted by Gasteiger charge is 2.23. The summed E-state index contributed by atoms with van der Waals surface area (Å²) < 4.78 is 19.5. The van der Waals surface area contributed by atoms with E-state index in [1.807, 2.05) is 17.0 Å². The predicted molar refractivity (Wildman–Crippen MR) is 106 cm³/mol. The Balaban J connectivity index is 1.58. The number of hydrogen-bond donors (Lipinski definition) is 1. The number of aromatic nitrogens is 2. The third-order valence-electron chi connectivity index (χ3n) is 4.92. The topological polar surface area (TPSA) is 58.2 Å². The standard InChI is InChI=1S/C21H19ClFN3O2/c1-28-18-4-2-3-14(19(18)23)11-26-10-9-17-16(12-26)21(27)25-20(24-17)13-5-7-15(22)8-6-13/h2-8H,9-12H2,1H3,(H,24,25,27). The predicted octanol–water partition coefficient (Wildman–Crippen LogP) is 3.80. The van der Waals surface area contributed by atoms with Gasteiger partial charge in [0, 0.05) is 42.2 Å². The normalized spacial score (nSPS) is 14.0. The van der Waals surface area contributed by atoms with Crippen LogP contribution in [0.4, 0.5) is 4.39 Å². The fourth-order valence-electron chi connectivity index (χ4n) is 3.44. The van der Waals surface area contributed by atoms with Gasteiger partial charge in [0.15, 0.2) is 11.6 Å². The van der Waals surface area contributed by atoms with Crippen molar-refractivity contribution in [1.29, 1.82) is 0 Å². The van der Waals surface area contributed by atoms with E-state index in [9.17, 15) is 9.18 Å². The van der Waals surface area contributed by atoms with Crippen LogP contribution in [0.25, 0.3) is 11.4 Å². The highest BCUT2D eigenvalue weighted by molar-refractivity contribution is 6.30. The molecule has 28 heavy (non-hydrogen) atoms. The Kier molecular flexibility index (Phi) is 5.15. The Morgan fingerprint density at radius 1 is 1.25 bits per heavy atom. The number of halogens is 2. The van der Waals surface area contributed by atoms with Gasteiger partial charge in [0.25, 0.3) is 5.56 Å². The molecule has 0 bridgehead atoms. The summed E-state index contributed by atoms with van der Waals surface area (Å²) in [6.45, 7) is 1.52. The minimum absolute atomic E-state index is 0.161. The molecule has 0 unspecified atom stereocenters. The lowest BCUT2D eigenvalue weighted by Crippen LogP contribution is -2.35. The van der Waals surface area contributed by atoms with Gasteiger partial charge in [-0.05, 0) is 30.3 Å². The summed E-state index contributed by atoms with van der Waals surface area (Å²) in [5.41, 5.74) is 2.62. The van der Waals surface area contributed by atoms with Crippen molar-refractivity contribution < 1.29 is 9.13 Å². The van der Waals surface area contributed by atoms with Gasteiger partial charge in [-0.25, -0.2) is 9.37 Å². The Morgan fingerprint density at radius 3 is 2.79 bits per heavy atom. The zero-order valence-electron chi connectivity index (χ0n) is 15.3. The average molecular weight is 400 g/mol. The molecule has 2 heterocycles. The van der Waals surface area contributed by atoms with Crippen LogP contribution < -0.4 is 10.3 Å². The number of benzene rings is 2. The summed E-state index contributed by atoms with van der Waals surface area (Å²) in [5.74, 6) is 0.399. The summed E-state index contributed by atoms with van der Waals surface area (Å²) >= 11 is 5.93. The summed E-state index contributed by atoms with van der Waals surface area (Å²) in [7, 11) is 1.45. The summed E-state index contributed by atoms with van der Waals surface area (Å²) in [5, 5.41) is 0.629. The molecule has 7 heteroatoms. The molecule has 144 valence electrons. The number of aromatic amines is 1. The van der Waals surface area contributed by atoms with E-state index >= 15 is 0 Å². The van der Waals surface area contributed by atoms with Crippen molar-refractivity contribution in [2.45, 2.75) is 19.5 Å². The zero-order chi connectivity index (χ0) is 19.7. The van der Waals surface area contributed by atoms with Crippen LogP contribution in [0.2, 0.25) is 5.02 Å². The fourth-order valence-corrected chi connectivity index (χ4v) is 3.56. The lowest BCUT2D eigenvalue weighted by Gasteiger charge is -2.28. The molecule has 0 fully saturated rings. The Hall–Kier alpha value is -2.70. The van der Waals surface area contributed by atoms with E-state index < -0.39 is 0 Å². The van der Waals surface area contributed by atoms with Gasteiger partial charge in [0.1, 0.15) is 5.82 Å².